The van der Waals surface area contributed by atoms with E-state index < -0.39 is 0 Å². The lowest BCUT2D eigenvalue weighted by molar-refractivity contribution is 0.279. The van der Waals surface area contributed by atoms with Crippen LogP contribution in [0.2, 0.25) is 0 Å². The zero-order valence-corrected chi connectivity index (χ0v) is 20.0. The fraction of sp³-hybridized carbons (Fsp3) is 0.241. The van der Waals surface area contributed by atoms with Crippen molar-refractivity contribution in [2.45, 2.75) is 38.1 Å². The smallest absolute Gasteiger partial charge is 0.252 e. The number of fused-ring (bicyclic) bond motifs is 1. The Labute approximate surface area is 209 Å². The first-order chi connectivity index (χ1) is 17.8. The molecule has 1 saturated carbocycles. The molecule has 7 nitrogen and oxygen atoms in total. The van der Waals surface area contributed by atoms with Gasteiger partial charge in [0.25, 0.3) is 5.56 Å². The molecule has 3 heterocycles. The van der Waals surface area contributed by atoms with Crippen LogP contribution in [-0.2, 0) is 0 Å². The van der Waals surface area contributed by atoms with E-state index in [0.29, 0.717) is 17.5 Å². The van der Waals surface area contributed by atoms with Crippen molar-refractivity contribution in [3.8, 4) is 5.69 Å². The summed E-state index contributed by atoms with van der Waals surface area (Å²) in [5, 5.41) is 8.43. The molecule has 1 aliphatic rings. The number of pyridine rings is 1. The largest absolute Gasteiger partial charge is 0.324 e. The monoisotopic (exact) mass is 476 g/mol. The van der Waals surface area contributed by atoms with Gasteiger partial charge in [-0.25, -0.2) is 9.67 Å². The van der Waals surface area contributed by atoms with E-state index in [-0.39, 0.29) is 11.6 Å². The molecular formula is C29H28N6O. The number of nitrogens with one attached hydrogen (secondary N) is 1. The number of nitrogens with zero attached hydrogens (tertiary/aromatic N) is 5. The van der Waals surface area contributed by atoms with Crippen molar-refractivity contribution in [3.05, 3.63) is 107 Å². The molecule has 0 bridgehead atoms. The van der Waals surface area contributed by atoms with Crippen LogP contribution in [0.1, 0.15) is 43.7 Å². The maximum Gasteiger partial charge on any atom is 0.252 e. The molecule has 5 aromatic rings. The molecule has 1 fully saturated rings. The van der Waals surface area contributed by atoms with Crippen LogP contribution in [0, 0.1) is 5.92 Å². The summed E-state index contributed by atoms with van der Waals surface area (Å²) in [5.41, 5.74) is 3.61. The van der Waals surface area contributed by atoms with Crippen LogP contribution < -0.4 is 10.9 Å². The van der Waals surface area contributed by atoms with E-state index in [9.17, 15) is 4.79 Å². The fourth-order valence-electron chi connectivity index (χ4n) is 5.35. The van der Waals surface area contributed by atoms with Crippen LogP contribution in [0.4, 0.5) is 11.6 Å². The average molecular weight is 477 g/mol. The van der Waals surface area contributed by atoms with Crippen molar-refractivity contribution in [2.24, 2.45) is 5.92 Å². The van der Waals surface area contributed by atoms with Crippen LogP contribution in [-0.4, -0.2) is 24.3 Å². The third-order valence-electron chi connectivity index (χ3n) is 7.08. The van der Waals surface area contributed by atoms with Crippen molar-refractivity contribution in [1.82, 2.24) is 24.3 Å². The lowest BCUT2D eigenvalue weighted by Gasteiger charge is -2.32. The molecule has 0 radical (unpaired) electrons. The van der Waals surface area contributed by atoms with Gasteiger partial charge in [-0.3, -0.25) is 9.36 Å². The highest BCUT2D eigenvalue weighted by atomic mass is 16.1. The average Bonchev–Trinajstić information content (AvgIpc) is 3.47. The van der Waals surface area contributed by atoms with Gasteiger partial charge in [-0.05, 0) is 60.7 Å². The fourth-order valence-corrected chi connectivity index (χ4v) is 5.35. The Morgan fingerprint density at radius 3 is 2.44 bits per heavy atom. The molecule has 0 aliphatic heterocycles. The molecule has 36 heavy (non-hydrogen) atoms. The van der Waals surface area contributed by atoms with Crippen molar-refractivity contribution in [3.63, 3.8) is 0 Å². The van der Waals surface area contributed by atoms with Gasteiger partial charge in [-0.15, -0.1) is 0 Å². The van der Waals surface area contributed by atoms with E-state index in [1.807, 2.05) is 57.9 Å². The molecule has 7 heteroatoms. The molecular weight excluding hydrogens is 448 g/mol. The molecule has 0 amide bonds. The normalized spacial score (nSPS) is 15.1. The second kappa shape index (κ2) is 9.77. The van der Waals surface area contributed by atoms with Crippen molar-refractivity contribution in [2.75, 3.05) is 5.32 Å². The number of anilines is 2. The summed E-state index contributed by atoms with van der Waals surface area (Å²) < 4.78 is 3.71. The minimum Gasteiger partial charge on any atom is -0.324 e. The number of aromatic nitrogens is 5. The second-order valence-electron chi connectivity index (χ2n) is 9.39. The van der Waals surface area contributed by atoms with E-state index in [2.05, 4.69) is 39.7 Å². The molecule has 0 saturated heterocycles. The Balaban J connectivity index is 1.40. The Bertz CT molecular complexity index is 1500. The molecule has 1 N–H and O–H groups in total. The number of benzene rings is 2. The summed E-state index contributed by atoms with van der Waals surface area (Å²) in [6, 6.07) is 23.6. The Hall–Kier alpha value is -4.26. The lowest BCUT2D eigenvalue weighted by atomic mass is 9.81. The highest BCUT2D eigenvalue weighted by molar-refractivity contribution is 5.76. The SMILES string of the molecule is O=c1ccc2cnc(Nc3ccc(-n4cccn4)cc3)nc2n1C(c1ccccc1)C1CCCCC1. The van der Waals surface area contributed by atoms with Gasteiger partial charge in [-0.1, -0.05) is 49.6 Å². The van der Waals surface area contributed by atoms with Crippen LogP contribution in [0.15, 0.2) is 96.2 Å². The molecule has 1 unspecified atom stereocenters. The third kappa shape index (κ3) is 4.40. The topological polar surface area (TPSA) is 77.6 Å². The molecule has 1 atom stereocenters. The zero-order chi connectivity index (χ0) is 24.3. The number of hydrogen-bond donors (Lipinski definition) is 1. The van der Waals surface area contributed by atoms with Gasteiger partial charge in [0.15, 0.2) is 0 Å². The van der Waals surface area contributed by atoms with E-state index in [1.54, 1.807) is 18.5 Å². The maximum atomic E-state index is 13.4. The van der Waals surface area contributed by atoms with Gasteiger partial charge in [-0.2, -0.15) is 10.1 Å². The van der Waals surface area contributed by atoms with Crippen LogP contribution in [0.5, 0.6) is 0 Å². The third-order valence-corrected chi connectivity index (χ3v) is 7.08. The molecule has 3 aromatic heterocycles. The Morgan fingerprint density at radius 2 is 1.69 bits per heavy atom. The van der Waals surface area contributed by atoms with Gasteiger partial charge in [0.1, 0.15) is 5.65 Å². The van der Waals surface area contributed by atoms with Crippen LogP contribution >= 0.6 is 0 Å². The van der Waals surface area contributed by atoms with Gasteiger partial charge in [0, 0.05) is 35.7 Å². The van der Waals surface area contributed by atoms with Gasteiger partial charge in [0.05, 0.1) is 11.7 Å². The van der Waals surface area contributed by atoms with Crippen molar-refractivity contribution < 1.29 is 0 Å². The maximum absolute atomic E-state index is 13.4. The number of hydrogen-bond acceptors (Lipinski definition) is 5. The summed E-state index contributed by atoms with van der Waals surface area (Å²) >= 11 is 0. The summed E-state index contributed by atoms with van der Waals surface area (Å²) in [7, 11) is 0. The summed E-state index contributed by atoms with van der Waals surface area (Å²) in [6.07, 6.45) is 11.3. The van der Waals surface area contributed by atoms with Gasteiger partial charge in [0.2, 0.25) is 5.95 Å². The molecule has 0 spiro atoms. The van der Waals surface area contributed by atoms with Crippen molar-refractivity contribution >= 4 is 22.7 Å². The zero-order valence-electron chi connectivity index (χ0n) is 20.0. The highest BCUT2D eigenvalue weighted by Gasteiger charge is 2.29. The summed E-state index contributed by atoms with van der Waals surface area (Å²) in [4.78, 5) is 22.8. The van der Waals surface area contributed by atoms with E-state index in [0.717, 1.165) is 35.2 Å². The summed E-state index contributed by atoms with van der Waals surface area (Å²) in [6.45, 7) is 0. The van der Waals surface area contributed by atoms with Gasteiger partial charge < -0.3 is 5.32 Å². The molecule has 6 rings (SSSR count). The first-order valence-corrected chi connectivity index (χ1v) is 12.6. The lowest BCUT2D eigenvalue weighted by Crippen LogP contribution is -2.32. The highest BCUT2D eigenvalue weighted by Crippen LogP contribution is 2.37. The Morgan fingerprint density at radius 1 is 0.889 bits per heavy atom. The quantitative estimate of drug-likeness (QED) is 0.331. The molecule has 180 valence electrons. The summed E-state index contributed by atoms with van der Waals surface area (Å²) in [5.74, 6) is 0.856. The minimum atomic E-state index is -0.0567. The van der Waals surface area contributed by atoms with Crippen LogP contribution in [0.25, 0.3) is 16.7 Å². The molecule has 1 aliphatic carbocycles. The van der Waals surface area contributed by atoms with E-state index >= 15 is 0 Å². The first kappa shape index (κ1) is 22.2. The van der Waals surface area contributed by atoms with E-state index in [1.165, 1.54) is 19.3 Å². The predicted molar refractivity (Wildman–Crippen MR) is 142 cm³/mol. The standard InChI is InChI=1S/C29H28N6O/c36-26-17-12-23-20-30-29(32-24-13-15-25(16-14-24)34-19-7-18-31-34)33-28(23)35(26)27(21-8-3-1-4-9-21)22-10-5-2-6-11-22/h1,3-4,7-9,12-20,22,27H,2,5-6,10-11H2,(H,30,32,33). The second-order valence-corrected chi connectivity index (χ2v) is 9.39. The first-order valence-electron chi connectivity index (χ1n) is 12.6. The predicted octanol–water partition coefficient (Wildman–Crippen LogP) is 5.89. The van der Waals surface area contributed by atoms with Gasteiger partial charge >= 0.3 is 0 Å². The Kier molecular flexibility index (Phi) is 6.03. The van der Waals surface area contributed by atoms with E-state index in [4.69, 9.17) is 4.98 Å². The molecule has 2 aromatic carbocycles. The van der Waals surface area contributed by atoms with Crippen LogP contribution in [0.3, 0.4) is 0 Å². The number of rotatable bonds is 6. The minimum absolute atomic E-state index is 0.0323. The van der Waals surface area contributed by atoms with Crippen molar-refractivity contribution in [1.29, 1.82) is 0 Å².